The molecule has 11 heteroatoms. The van der Waals surface area contributed by atoms with Crippen LogP contribution in [0.25, 0.3) is 5.69 Å². The third-order valence-corrected chi connectivity index (χ3v) is 5.26. The van der Waals surface area contributed by atoms with Crippen molar-refractivity contribution in [3.8, 4) is 5.69 Å². The zero-order valence-electron chi connectivity index (χ0n) is 15.7. The van der Waals surface area contributed by atoms with Gasteiger partial charge in [-0.05, 0) is 25.0 Å². The second-order valence-electron chi connectivity index (χ2n) is 6.69. The minimum atomic E-state index is -0.750. The van der Waals surface area contributed by atoms with E-state index in [9.17, 15) is 9.59 Å². The Morgan fingerprint density at radius 3 is 2.30 bits per heavy atom. The molecule has 0 radical (unpaired) electrons. The maximum absolute atomic E-state index is 12.4. The number of carbonyl (C=O) groups is 2. The summed E-state index contributed by atoms with van der Waals surface area (Å²) in [6.07, 6.45) is 6.40. The number of nitrogens with zero attached hydrogens (tertiary/aromatic N) is 5. The number of benzene rings is 1. The number of amides is 2. The molecule has 1 aromatic carbocycles. The number of para-hydroxylation sites is 1. The number of rotatable bonds is 5. The highest BCUT2D eigenvalue weighted by atomic mass is 35.5. The van der Waals surface area contributed by atoms with Crippen LogP contribution in [0.5, 0.6) is 0 Å². The van der Waals surface area contributed by atoms with E-state index in [1.54, 1.807) is 23.1 Å². The molecule has 1 fully saturated rings. The van der Waals surface area contributed by atoms with E-state index in [1.807, 2.05) is 0 Å². The molecule has 1 aliphatic heterocycles. The van der Waals surface area contributed by atoms with Crippen molar-refractivity contribution in [3.05, 3.63) is 58.1 Å². The molecule has 1 saturated heterocycles. The third-order valence-electron chi connectivity index (χ3n) is 4.65. The van der Waals surface area contributed by atoms with Gasteiger partial charge in [0.15, 0.2) is 5.69 Å². The van der Waals surface area contributed by atoms with Crippen LogP contribution < -0.4 is 11.1 Å². The van der Waals surface area contributed by atoms with Gasteiger partial charge in [-0.25, -0.2) is 14.6 Å². The van der Waals surface area contributed by atoms with Gasteiger partial charge in [-0.1, -0.05) is 29.3 Å². The summed E-state index contributed by atoms with van der Waals surface area (Å²) >= 11 is 12.4. The summed E-state index contributed by atoms with van der Waals surface area (Å²) < 4.78 is 1.36. The first-order chi connectivity index (χ1) is 14.4. The largest absolute Gasteiger partial charge is 0.364 e. The topological polar surface area (TPSA) is 119 Å². The smallest absolute Gasteiger partial charge is 0.271 e. The summed E-state index contributed by atoms with van der Waals surface area (Å²) in [5, 5.41) is 7.80. The minimum absolute atomic E-state index is 0.0354. The molecule has 4 rings (SSSR count). The fourth-order valence-electron chi connectivity index (χ4n) is 3.20. The predicted molar refractivity (Wildman–Crippen MR) is 113 cm³/mol. The number of primary amides is 1. The molecule has 9 nitrogen and oxygen atoms in total. The highest BCUT2D eigenvalue weighted by Crippen LogP contribution is 2.30. The Kier molecular flexibility index (Phi) is 5.56. The standard InChI is InChI=1S/C19H17Cl2N7O2/c20-12-4-3-5-13(21)16(12)28-10-14(15(26-28)17(22)29)25-19-23-8-11(9-24-19)18(30)27-6-1-2-7-27/h3-5,8-10H,1-2,6-7H2,(H2,22,29)(H,23,24,25). The Balaban J connectivity index is 1.60. The van der Waals surface area contributed by atoms with Gasteiger partial charge in [0.05, 0.1) is 27.5 Å². The van der Waals surface area contributed by atoms with E-state index in [1.165, 1.54) is 23.3 Å². The molecule has 0 atom stereocenters. The van der Waals surface area contributed by atoms with Crippen LogP contribution in [-0.4, -0.2) is 49.6 Å². The fourth-order valence-corrected chi connectivity index (χ4v) is 3.77. The number of hydrogen-bond acceptors (Lipinski definition) is 6. The molecule has 1 aliphatic rings. The van der Waals surface area contributed by atoms with E-state index in [4.69, 9.17) is 28.9 Å². The number of anilines is 2. The Bertz CT molecular complexity index is 1090. The molecule has 0 aliphatic carbocycles. The lowest BCUT2D eigenvalue weighted by molar-refractivity contribution is 0.0791. The van der Waals surface area contributed by atoms with Gasteiger partial charge in [-0.15, -0.1) is 0 Å². The Labute approximate surface area is 181 Å². The molecule has 2 aromatic heterocycles. The van der Waals surface area contributed by atoms with Gasteiger partial charge >= 0.3 is 0 Å². The second-order valence-corrected chi connectivity index (χ2v) is 7.50. The molecule has 0 unspecified atom stereocenters. The van der Waals surface area contributed by atoms with Crippen LogP contribution in [0.1, 0.15) is 33.7 Å². The SMILES string of the molecule is NC(=O)c1nn(-c2c(Cl)cccc2Cl)cc1Nc1ncc(C(=O)N2CCCC2)cn1. The van der Waals surface area contributed by atoms with Crippen LogP contribution in [-0.2, 0) is 0 Å². The molecule has 30 heavy (non-hydrogen) atoms. The van der Waals surface area contributed by atoms with Gasteiger partial charge in [0.1, 0.15) is 5.69 Å². The monoisotopic (exact) mass is 445 g/mol. The van der Waals surface area contributed by atoms with Crippen molar-refractivity contribution in [2.75, 3.05) is 18.4 Å². The molecule has 3 heterocycles. The van der Waals surface area contributed by atoms with Crippen molar-refractivity contribution in [3.63, 3.8) is 0 Å². The summed E-state index contributed by atoms with van der Waals surface area (Å²) in [7, 11) is 0. The zero-order chi connectivity index (χ0) is 21.3. The van der Waals surface area contributed by atoms with Crippen LogP contribution in [0.4, 0.5) is 11.6 Å². The number of nitrogens with one attached hydrogen (secondary N) is 1. The highest BCUT2D eigenvalue weighted by Gasteiger charge is 2.21. The Morgan fingerprint density at radius 2 is 1.70 bits per heavy atom. The number of nitrogens with two attached hydrogens (primary N) is 1. The molecule has 3 N–H and O–H groups in total. The lowest BCUT2D eigenvalue weighted by atomic mass is 10.3. The molecule has 3 aromatic rings. The quantitative estimate of drug-likeness (QED) is 0.622. The number of halogens is 2. The van der Waals surface area contributed by atoms with E-state index in [2.05, 4.69) is 20.4 Å². The van der Waals surface area contributed by atoms with Crippen molar-refractivity contribution in [1.29, 1.82) is 0 Å². The van der Waals surface area contributed by atoms with Crippen molar-refractivity contribution < 1.29 is 9.59 Å². The highest BCUT2D eigenvalue weighted by molar-refractivity contribution is 6.37. The van der Waals surface area contributed by atoms with Crippen LogP contribution in [0.2, 0.25) is 10.0 Å². The zero-order valence-corrected chi connectivity index (χ0v) is 17.2. The lowest BCUT2D eigenvalue weighted by Crippen LogP contribution is -2.27. The van der Waals surface area contributed by atoms with E-state index in [0.29, 0.717) is 21.3 Å². The van der Waals surface area contributed by atoms with Gasteiger partial charge in [0.2, 0.25) is 5.95 Å². The van der Waals surface area contributed by atoms with Crippen LogP contribution in [0, 0.1) is 0 Å². The predicted octanol–water partition coefficient (Wildman–Crippen LogP) is 3.05. The number of hydrogen-bond donors (Lipinski definition) is 2. The van der Waals surface area contributed by atoms with Gasteiger partial charge in [0.25, 0.3) is 11.8 Å². The van der Waals surface area contributed by atoms with Crippen LogP contribution >= 0.6 is 23.2 Å². The second kappa shape index (κ2) is 8.29. The van der Waals surface area contributed by atoms with E-state index in [0.717, 1.165) is 25.9 Å². The van der Waals surface area contributed by atoms with Gasteiger partial charge in [-0.3, -0.25) is 9.59 Å². The Morgan fingerprint density at radius 1 is 1.07 bits per heavy atom. The summed E-state index contributed by atoms with van der Waals surface area (Å²) in [5.74, 6) is -0.668. The van der Waals surface area contributed by atoms with Crippen molar-refractivity contribution >= 4 is 46.7 Å². The third kappa shape index (κ3) is 3.94. The minimum Gasteiger partial charge on any atom is -0.364 e. The number of likely N-dealkylation sites (tertiary alicyclic amines) is 1. The normalized spacial score (nSPS) is 13.5. The fraction of sp³-hybridized carbons (Fsp3) is 0.211. The van der Waals surface area contributed by atoms with E-state index in [-0.39, 0.29) is 23.2 Å². The van der Waals surface area contributed by atoms with E-state index >= 15 is 0 Å². The van der Waals surface area contributed by atoms with E-state index < -0.39 is 5.91 Å². The maximum atomic E-state index is 12.4. The van der Waals surface area contributed by atoms with Crippen molar-refractivity contribution in [2.24, 2.45) is 5.73 Å². The summed E-state index contributed by atoms with van der Waals surface area (Å²) in [6, 6.07) is 5.01. The molecule has 0 saturated carbocycles. The molecule has 2 amide bonds. The summed E-state index contributed by atoms with van der Waals surface area (Å²) in [4.78, 5) is 34.4. The summed E-state index contributed by atoms with van der Waals surface area (Å²) in [5.41, 5.74) is 6.50. The first kappa shape index (κ1) is 20.1. The number of carbonyl (C=O) groups excluding carboxylic acids is 2. The average molecular weight is 446 g/mol. The van der Waals surface area contributed by atoms with Crippen LogP contribution in [0.3, 0.4) is 0 Å². The Hall–Kier alpha value is -3.17. The average Bonchev–Trinajstić information content (AvgIpc) is 3.38. The van der Waals surface area contributed by atoms with Gasteiger partial charge < -0.3 is 16.0 Å². The maximum Gasteiger partial charge on any atom is 0.271 e. The first-order valence-corrected chi connectivity index (χ1v) is 9.92. The molecule has 154 valence electrons. The van der Waals surface area contributed by atoms with Crippen LogP contribution in [0.15, 0.2) is 36.8 Å². The molecular formula is C19H17Cl2N7O2. The van der Waals surface area contributed by atoms with Crippen molar-refractivity contribution in [1.82, 2.24) is 24.6 Å². The lowest BCUT2D eigenvalue weighted by Gasteiger charge is -2.14. The molecule has 0 spiro atoms. The van der Waals surface area contributed by atoms with Gasteiger partial charge in [0, 0.05) is 25.5 Å². The molecular weight excluding hydrogens is 429 g/mol. The first-order valence-electron chi connectivity index (χ1n) is 9.16. The number of aromatic nitrogens is 4. The summed E-state index contributed by atoms with van der Waals surface area (Å²) in [6.45, 7) is 1.48. The van der Waals surface area contributed by atoms with Gasteiger partial charge in [-0.2, -0.15) is 5.10 Å². The molecule has 0 bridgehead atoms. The van der Waals surface area contributed by atoms with Crippen molar-refractivity contribution in [2.45, 2.75) is 12.8 Å².